The lowest BCUT2D eigenvalue weighted by molar-refractivity contribution is -0.137. The van der Waals surface area contributed by atoms with E-state index in [4.69, 9.17) is 4.42 Å². The van der Waals surface area contributed by atoms with Crippen molar-refractivity contribution >= 4 is 5.91 Å². The number of amides is 1. The van der Waals surface area contributed by atoms with Crippen molar-refractivity contribution in [3.05, 3.63) is 59.5 Å². The molecule has 0 saturated heterocycles. The van der Waals surface area contributed by atoms with Crippen molar-refractivity contribution in [1.82, 2.24) is 5.32 Å². The molecule has 0 aliphatic carbocycles. The van der Waals surface area contributed by atoms with Gasteiger partial charge in [0.05, 0.1) is 17.9 Å². The summed E-state index contributed by atoms with van der Waals surface area (Å²) in [5.41, 5.74) is -0.894. The quantitative estimate of drug-likeness (QED) is 0.931. The molecule has 3 nitrogen and oxygen atoms in total. The van der Waals surface area contributed by atoms with Gasteiger partial charge >= 0.3 is 6.18 Å². The molecule has 0 unspecified atom stereocenters. The summed E-state index contributed by atoms with van der Waals surface area (Å²) in [6, 6.07) is 7.21. The highest BCUT2D eigenvalue weighted by Gasteiger charge is 2.31. The van der Waals surface area contributed by atoms with E-state index in [-0.39, 0.29) is 5.56 Å². The molecule has 1 atom stereocenters. The monoisotopic (exact) mass is 283 g/mol. The zero-order chi connectivity index (χ0) is 14.8. The van der Waals surface area contributed by atoms with E-state index >= 15 is 0 Å². The van der Waals surface area contributed by atoms with Crippen molar-refractivity contribution in [2.45, 2.75) is 19.1 Å². The molecule has 20 heavy (non-hydrogen) atoms. The third kappa shape index (κ3) is 3.20. The number of carbonyl (C=O) groups excluding carboxylic acids is 1. The Morgan fingerprint density at radius 2 is 2.00 bits per heavy atom. The van der Waals surface area contributed by atoms with Gasteiger partial charge in [0.25, 0.3) is 5.91 Å². The smallest absolute Gasteiger partial charge is 0.416 e. The number of rotatable bonds is 3. The van der Waals surface area contributed by atoms with Gasteiger partial charge in [0.2, 0.25) is 0 Å². The number of alkyl halides is 3. The summed E-state index contributed by atoms with van der Waals surface area (Å²) in [6.45, 7) is 1.68. The van der Waals surface area contributed by atoms with Crippen molar-refractivity contribution in [3.8, 4) is 0 Å². The molecule has 0 aliphatic heterocycles. The Hall–Kier alpha value is -2.24. The van der Waals surface area contributed by atoms with E-state index in [1.54, 1.807) is 19.1 Å². The van der Waals surface area contributed by atoms with Crippen LogP contribution in [0.2, 0.25) is 0 Å². The summed E-state index contributed by atoms with van der Waals surface area (Å²) in [7, 11) is 0. The minimum Gasteiger partial charge on any atom is -0.467 e. The van der Waals surface area contributed by atoms with Gasteiger partial charge in [0.1, 0.15) is 5.76 Å². The highest BCUT2D eigenvalue weighted by Crippen LogP contribution is 2.29. The lowest BCUT2D eigenvalue weighted by atomic mass is 10.1. The maximum absolute atomic E-state index is 12.6. The molecule has 0 bridgehead atoms. The number of halogens is 3. The van der Waals surface area contributed by atoms with E-state index in [9.17, 15) is 18.0 Å². The number of hydrogen-bond acceptors (Lipinski definition) is 2. The number of benzene rings is 1. The number of nitrogens with one attached hydrogen (secondary N) is 1. The van der Waals surface area contributed by atoms with Gasteiger partial charge in [0, 0.05) is 5.56 Å². The van der Waals surface area contributed by atoms with Crippen LogP contribution in [-0.4, -0.2) is 5.91 Å². The third-order valence-corrected chi connectivity index (χ3v) is 2.77. The van der Waals surface area contributed by atoms with Gasteiger partial charge in [-0.05, 0) is 37.3 Å². The third-order valence-electron chi connectivity index (χ3n) is 2.77. The second kappa shape index (κ2) is 5.40. The maximum Gasteiger partial charge on any atom is 0.416 e. The molecule has 0 spiro atoms. The summed E-state index contributed by atoms with van der Waals surface area (Å²) in [5, 5.41) is 2.58. The molecule has 1 N–H and O–H groups in total. The van der Waals surface area contributed by atoms with Crippen LogP contribution in [0.25, 0.3) is 0 Å². The average molecular weight is 283 g/mol. The molecular weight excluding hydrogens is 271 g/mol. The molecule has 2 aromatic rings. The Kier molecular flexibility index (Phi) is 3.83. The second-order valence-electron chi connectivity index (χ2n) is 4.29. The SMILES string of the molecule is C[C@H](NC(=O)c1cccc(C(F)(F)F)c1)c1ccco1. The van der Waals surface area contributed by atoms with Gasteiger partial charge in [0.15, 0.2) is 0 Å². The van der Waals surface area contributed by atoms with Crippen molar-refractivity contribution in [3.63, 3.8) is 0 Å². The lowest BCUT2D eigenvalue weighted by Gasteiger charge is -2.12. The fourth-order valence-corrected chi connectivity index (χ4v) is 1.73. The molecule has 0 radical (unpaired) electrons. The minimum atomic E-state index is -4.47. The van der Waals surface area contributed by atoms with Crippen LogP contribution in [0, 0.1) is 0 Å². The largest absolute Gasteiger partial charge is 0.467 e. The van der Waals surface area contributed by atoms with E-state index < -0.39 is 23.7 Å². The van der Waals surface area contributed by atoms with Crippen molar-refractivity contribution in [2.75, 3.05) is 0 Å². The highest BCUT2D eigenvalue weighted by molar-refractivity contribution is 5.94. The van der Waals surface area contributed by atoms with Gasteiger partial charge in [-0.25, -0.2) is 0 Å². The Morgan fingerprint density at radius 1 is 1.25 bits per heavy atom. The van der Waals surface area contributed by atoms with Crippen LogP contribution in [0.5, 0.6) is 0 Å². The normalized spacial score (nSPS) is 13.0. The molecule has 0 fully saturated rings. The summed E-state index contributed by atoms with van der Waals surface area (Å²) in [6.07, 6.45) is -3.01. The van der Waals surface area contributed by atoms with Crippen LogP contribution in [0.1, 0.15) is 34.6 Å². The molecule has 6 heteroatoms. The molecular formula is C14H12F3NO2. The number of carbonyl (C=O) groups is 1. The molecule has 2 rings (SSSR count). The van der Waals surface area contributed by atoms with Gasteiger partial charge in [-0.3, -0.25) is 4.79 Å². The average Bonchev–Trinajstić information content (AvgIpc) is 2.91. The highest BCUT2D eigenvalue weighted by atomic mass is 19.4. The van der Waals surface area contributed by atoms with E-state index in [0.29, 0.717) is 5.76 Å². The molecule has 1 heterocycles. The predicted molar refractivity (Wildman–Crippen MR) is 66.0 cm³/mol. The summed E-state index contributed by atoms with van der Waals surface area (Å²) in [5.74, 6) is -0.0506. The van der Waals surface area contributed by atoms with Crippen molar-refractivity contribution < 1.29 is 22.4 Å². The molecule has 1 aromatic heterocycles. The Labute approximate surface area is 113 Å². The Balaban J connectivity index is 2.14. The number of hydrogen-bond donors (Lipinski definition) is 1. The fraction of sp³-hybridized carbons (Fsp3) is 0.214. The van der Waals surface area contributed by atoms with E-state index in [0.717, 1.165) is 12.1 Å². The first kappa shape index (κ1) is 14.2. The van der Waals surface area contributed by atoms with Crippen LogP contribution in [0.3, 0.4) is 0 Å². The second-order valence-corrected chi connectivity index (χ2v) is 4.29. The zero-order valence-electron chi connectivity index (χ0n) is 10.6. The van der Waals surface area contributed by atoms with Crippen LogP contribution in [-0.2, 0) is 6.18 Å². The van der Waals surface area contributed by atoms with Crippen LogP contribution >= 0.6 is 0 Å². The molecule has 1 aromatic carbocycles. The van der Waals surface area contributed by atoms with E-state index in [1.165, 1.54) is 18.4 Å². The van der Waals surface area contributed by atoms with Gasteiger partial charge in [-0.1, -0.05) is 6.07 Å². The topological polar surface area (TPSA) is 42.2 Å². The summed E-state index contributed by atoms with van der Waals surface area (Å²) in [4.78, 5) is 11.9. The zero-order valence-corrected chi connectivity index (χ0v) is 10.6. The predicted octanol–water partition coefficient (Wildman–Crippen LogP) is 3.79. The summed E-state index contributed by atoms with van der Waals surface area (Å²) < 4.78 is 42.8. The first-order valence-electron chi connectivity index (χ1n) is 5.89. The molecule has 0 aliphatic rings. The Bertz CT molecular complexity index is 591. The molecule has 106 valence electrons. The molecule has 1 amide bonds. The maximum atomic E-state index is 12.6. The van der Waals surface area contributed by atoms with Crippen LogP contribution < -0.4 is 5.32 Å². The lowest BCUT2D eigenvalue weighted by Crippen LogP contribution is -2.26. The van der Waals surface area contributed by atoms with E-state index in [1.807, 2.05) is 0 Å². The van der Waals surface area contributed by atoms with Crippen LogP contribution in [0.4, 0.5) is 13.2 Å². The fourth-order valence-electron chi connectivity index (χ4n) is 1.73. The molecule has 0 saturated carbocycles. The summed E-state index contributed by atoms with van der Waals surface area (Å²) >= 11 is 0. The first-order chi connectivity index (χ1) is 9.38. The van der Waals surface area contributed by atoms with Gasteiger partial charge < -0.3 is 9.73 Å². The van der Waals surface area contributed by atoms with Crippen LogP contribution in [0.15, 0.2) is 47.1 Å². The van der Waals surface area contributed by atoms with Gasteiger partial charge in [-0.2, -0.15) is 13.2 Å². The van der Waals surface area contributed by atoms with Gasteiger partial charge in [-0.15, -0.1) is 0 Å². The number of furan rings is 1. The first-order valence-corrected chi connectivity index (χ1v) is 5.89. The van der Waals surface area contributed by atoms with E-state index in [2.05, 4.69) is 5.32 Å². The van der Waals surface area contributed by atoms with Crippen molar-refractivity contribution in [2.24, 2.45) is 0 Å². The van der Waals surface area contributed by atoms with Crippen molar-refractivity contribution in [1.29, 1.82) is 0 Å². The standard InChI is InChI=1S/C14H12F3NO2/c1-9(12-6-3-7-20-12)18-13(19)10-4-2-5-11(8-10)14(15,16)17/h2-9H,1H3,(H,18,19)/t9-/m0/s1. The Morgan fingerprint density at radius 3 is 2.60 bits per heavy atom. The minimum absolute atomic E-state index is 0.0433.